The van der Waals surface area contributed by atoms with Gasteiger partial charge in [0.2, 0.25) is 0 Å². The molecular formula is C28H41KN2O3S. The van der Waals surface area contributed by atoms with E-state index >= 15 is 0 Å². The molecule has 35 heavy (non-hydrogen) atoms. The van der Waals surface area contributed by atoms with Gasteiger partial charge in [0.25, 0.3) is 0 Å². The molecule has 0 aliphatic carbocycles. The van der Waals surface area contributed by atoms with Crippen LogP contribution in [0.5, 0.6) is 0 Å². The van der Waals surface area contributed by atoms with Gasteiger partial charge in [0.1, 0.15) is 6.17 Å². The summed E-state index contributed by atoms with van der Waals surface area (Å²) in [5, 5.41) is 0. The van der Waals surface area contributed by atoms with Gasteiger partial charge in [-0.3, -0.25) is 4.31 Å². The normalized spacial score (nSPS) is 15.2. The van der Waals surface area contributed by atoms with Gasteiger partial charge in [-0.2, -0.15) is 0 Å². The van der Waals surface area contributed by atoms with Gasteiger partial charge >= 0.3 is 51.4 Å². The van der Waals surface area contributed by atoms with Crippen molar-refractivity contribution < 1.29 is 64.4 Å². The fourth-order valence-electron chi connectivity index (χ4n) is 5.02. The molecule has 2 aromatic rings. The zero-order valence-corrected chi connectivity index (χ0v) is 25.6. The van der Waals surface area contributed by atoms with Crippen molar-refractivity contribution in [1.82, 2.24) is 0 Å². The molecule has 188 valence electrons. The van der Waals surface area contributed by atoms with Crippen molar-refractivity contribution in [3.8, 4) is 0 Å². The maximum absolute atomic E-state index is 12.3. The summed E-state index contributed by atoms with van der Waals surface area (Å²) in [5.74, 6) is 0. The Morgan fingerprint density at radius 1 is 0.714 bits per heavy atom. The van der Waals surface area contributed by atoms with Gasteiger partial charge in [-0.15, -0.1) is 0 Å². The molecule has 0 fully saturated rings. The molecule has 0 amide bonds. The number of hydrogen-bond donors (Lipinski definition) is 0. The Morgan fingerprint density at radius 2 is 1.20 bits per heavy atom. The first-order valence-electron chi connectivity index (χ1n) is 13.2. The first-order chi connectivity index (χ1) is 16.5. The van der Waals surface area contributed by atoms with E-state index in [1.54, 1.807) is 12.1 Å². The number of hydrogen-bond acceptors (Lipinski definition) is 4. The van der Waals surface area contributed by atoms with E-state index in [-0.39, 0.29) is 51.4 Å². The molecular weight excluding hydrogens is 483 g/mol. The van der Waals surface area contributed by atoms with Crippen LogP contribution in [0.2, 0.25) is 0 Å². The topological polar surface area (TPSA) is 63.7 Å². The number of rotatable bonds is 16. The molecule has 3 rings (SSSR count). The summed E-state index contributed by atoms with van der Waals surface area (Å²) in [4.78, 5) is 2.08. The Hall–Kier alpha value is -0.414. The number of anilines is 2. The zero-order chi connectivity index (χ0) is 24.2. The van der Waals surface area contributed by atoms with Crippen molar-refractivity contribution in [3.05, 3.63) is 60.2 Å². The van der Waals surface area contributed by atoms with Crippen molar-refractivity contribution >= 4 is 21.7 Å². The van der Waals surface area contributed by atoms with Crippen LogP contribution < -0.4 is 60.6 Å². The molecule has 2 aromatic carbocycles. The molecule has 0 N–H and O–H groups in total. The van der Waals surface area contributed by atoms with E-state index in [1.807, 2.05) is 42.5 Å². The van der Waals surface area contributed by atoms with Crippen LogP contribution in [0.25, 0.3) is 0 Å². The third-order valence-corrected chi connectivity index (χ3v) is 7.73. The Morgan fingerprint density at radius 3 is 1.74 bits per heavy atom. The molecule has 1 unspecified atom stereocenters. The molecule has 0 radical (unpaired) electrons. The van der Waals surface area contributed by atoms with Crippen LogP contribution in [0.15, 0.2) is 54.6 Å². The SMILES string of the molecule is CCCCCCCCCCCCCCC1N(Cc2ccccc2)c2ccccc2N1S(=O)(=O)[O-].[K+]. The van der Waals surface area contributed by atoms with Gasteiger partial charge < -0.3 is 9.45 Å². The maximum Gasteiger partial charge on any atom is 1.00 e. The molecule has 0 saturated heterocycles. The predicted molar refractivity (Wildman–Crippen MR) is 141 cm³/mol. The minimum absolute atomic E-state index is 0. The minimum atomic E-state index is -4.61. The second-order valence-electron chi connectivity index (χ2n) is 9.51. The van der Waals surface area contributed by atoms with Crippen LogP contribution in [0.4, 0.5) is 11.4 Å². The summed E-state index contributed by atoms with van der Waals surface area (Å²) in [6, 6.07) is 17.4. The molecule has 0 saturated carbocycles. The van der Waals surface area contributed by atoms with Gasteiger partial charge in [-0.25, -0.2) is 8.42 Å². The van der Waals surface area contributed by atoms with Gasteiger partial charge in [0, 0.05) is 6.54 Å². The quantitative estimate of drug-likeness (QED) is 0.186. The average molecular weight is 525 g/mol. The predicted octanol–water partition coefficient (Wildman–Crippen LogP) is 4.39. The van der Waals surface area contributed by atoms with E-state index in [4.69, 9.17) is 0 Å². The maximum atomic E-state index is 12.3. The van der Waals surface area contributed by atoms with Gasteiger partial charge in [0.15, 0.2) is 10.3 Å². The molecule has 5 nitrogen and oxygen atoms in total. The van der Waals surface area contributed by atoms with Crippen LogP contribution >= 0.6 is 0 Å². The monoisotopic (exact) mass is 524 g/mol. The largest absolute Gasteiger partial charge is 1.00 e. The molecule has 1 heterocycles. The summed E-state index contributed by atoms with van der Waals surface area (Å²) in [5.41, 5.74) is 2.41. The van der Waals surface area contributed by atoms with Crippen molar-refractivity contribution in [3.63, 3.8) is 0 Å². The van der Waals surface area contributed by atoms with E-state index in [0.29, 0.717) is 18.7 Å². The van der Waals surface area contributed by atoms with Crippen molar-refractivity contribution in [2.75, 3.05) is 9.21 Å². The smallest absolute Gasteiger partial charge is 0.731 e. The van der Waals surface area contributed by atoms with E-state index in [1.165, 1.54) is 57.8 Å². The molecule has 1 atom stereocenters. The van der Waals surface area contributed by atoms with Crippen LogP contribution in [-0.2, 0) is 16.8 Å². The standard InChI is InChI=1S/C28H42N2O3S.K/c1-2-3-4-5-6-7-8-9-10-11-12-16-23-28-29(24-25-19-14-13-15-20-25)26-21-17-18-22-27(26)30(28)34(31,32)33;/h13-15,17-22,28H,2-12,16,23-24H2,1H3,(H,31,32,33);/q;+1/p-1. The van der Waals surface area contributed by atoms with E-state index < -0.39 is 16.5 Å². The van der Waals surface area contributed by atoms with Crippen LogP contribution in [0, 0.1) is 0 Å². The third-order valence-electron chi connectivity index (χ3n) is 6.81. The van der Waals surface area contributed by atoms with E-state index in [2.05, 4.69) is 11.8 Å². The number of fused-ring (bicyclic) bond motifs is 1. The summed E-state index contributed by atoms with van der Waals surface area (Å²) in [7, 11) is -4.61. The van der Waals surface area contributed by atoms with Crippen LogP contribution in [-0.4, -0.2) is 19.1 Å². The van der Waals surface area contributed by atoms with Crippen LogP contribution in [0.3, 0.4) is 0 Å². The summed E-state index contributed by atoms with van der Waals surface area (Å²) < 4.78 is 37.9. The Labute approximate surface area is 256 Å². The molecule has 7 heteroatoms. The van der Waals surface area contributed by atoms with E-state index in [9.17, 15) is 13.0 Å². The van der Waals surface area contributed by atoms with Crippen molar-refractivity contribution in [2.45, 2.75) is 103 Å². The Bertz CT molecular complexity index is 956. The average Bonchev–Trinajstić information content (AvgIpc) is 3.14. The molecule has 1 aliphatic rings. The zero-order valence-electron chi connectivity index (χ0n) is 21.7. The van der Waals surface area contributed by atoms with Gasteiger partial charge in [-0.1, -0.05) is 120 Å². The van der Waals surface area contributed by atoms with Crippen LogP contribution in [0.1, 0.15) is 96.0 Å². The molecule has 0 bridgehead atoms. The number of para-hydroxylation sites is 2. The number of benzene rings is 2. The third kappa shape index (κ3) is 9.76. The Kier molecular flexibility index (Phi) is 14.5. The van der Waals surface area contributed by atoms with Crippen molar-refractivity contribution in [1.29, 1.82) is 0 Å². The fourth-order valence-corrected chi connectivity index (χ4v) is 5.93. The van der Waals surface area contributed by atoms with Crippen molar-refractivity contribution in [2.24, 2.45) is 0 Å². The van der Waals surface area contributed by atoms with Gasteiger partial charge in [-0.05, 0) is 30.5 Å². The second kappa shape index (κ2) is 16.4. The van der Waals surface area contributed by atoms with Gasteiger partial charge in [0.05, 0.1) is 11.4 Å². The number of unbranched alkanes of at least 4 members (excludes halogenated alkanes) is 11. The number of nitrogens with zero attached hydrogens (tertiary/aromatic N) is 2. The summed E-state index contributed by atoms with van der Waals surface area (Å²) in [6.07, 6.45) is 15.3. The molecule has 0 aromatic heterocycles. The summed E-state index contributed by atoms with van der Waals surface area (Å²) >= 11 is 0. The molecule has 0 spiro atoms. The second-order valence-corrected chi connectivity index (χ2v) is 10.8. The summed E-state index contributed by atoms with van der Waals surface area (Å²) in [6.45, 7) is 2.83. The molecule has 1 aliphatic heterocycles. The minimum Gasteiger partial charge on any atom is -0.731 e. The first kappa shape index (κ1) is 30.8. The van der Waals surface area contributed by atoms with E-state index in [0.717, 1.165) is 34.8 Å². The fraction of sp³-hybridized carbons (Fsp3) is 0.571. The first-order valence-corrected chi connectivity index (χ1v) is 14.5. The Balaban J connectivity index is 0.00000432.